The summed E-state index contributed by atoms with van der Waals surface area (Å²) in [5, 5.41) is 8.01. The van der Waals surface area contributed by atoms with Crippen molar-refractivity contribution in [2.24, 2.45) is 10.2 Å². The molecule has 0 amide bonds. The van der Waals surface area contributed by atoms with Gasteiger partial charge in [0, 0.05) is 30.6 Å². The molecule has 0 radical (unpaired) electrons. The third-order valence-electron chi connectivity index (χ3n) is 2.62. The van der Waals surface area contributed by atoms with Crippen molar-refractivity contribution < 1.29 is 8.78 Å². The molecule has 5 heteroatoms. The highest BCUT2D eigenvalue weighted by Crippen LogP contribution is 2.24. The van der Waals surface area contributed by atoms with Gasteiger partial charge in [0.1, 0.15) is 11.6 Å². The summed E-state index contributed by atoms with van der Waals surface area (Å²) >= 11 is 0. The van der Waals surface area contributed by atoms with Crippen molar-refractivity contribution in [3.8, 4) is 0 Å². The minimum Gasteiger partial charge on any atom is -0.264 e. The van der Waals surface area contributed by atoms with Crippen molar-refractivity contribution in [1.82, 2.24) is 4.98 Å². The number of azo groups is 1. The first kappa shape index (κ1) is 13.3. The lowest BCUT2D eigenvalue weighted by molar-refractivity contribution is 0.582. The number of benzene rings is 1. The first-order chi connectivity index (χ1) is 9.19. The maximum absolute atomic E-state index is 13.0. The second kappa shape index (κ2) is 6.13. The fourth-order valence-electron chi connectivity index (χ4n) is 1.69. The number of halogens is 2. The Morgan fingerprint density at radius 3 is 2.53 bits per heavy atom. The van der Waals surface area contributed by atoms with Crippen LogP contribution in [0.2, 0.25) is 0 Å². The van der Waals surface area contributed by atoms with E-state index in [-0.39, 0.29) is 11.7 Å². The third-order valence-corrected chi connectivity index (χ3v) is 2.62. The molecule has 2 rings (SSSR count). The van der Waals surface area contributed by atoms with Crippen molar-refractivity contribution >= 4 is 5.69 Å². The van der Waals surface area contributed by atoms with E-state index in [1.807, 2.05) is 19.1 Å². The van der Waals surface area contributed by atoms with Gasteiger partial charge in [-0.25, -0.2) is 8.78 Å². The van der Waals surface area contributed by atoms with E-state index in [1.54, 1.807) is 12.4 Å². The van der Waals surface area contributed by atoms with Crippen molar-refractivity contribution in [3.63, 3.8) is 0 Å². The number of hydrogen-bond acceptors (Lipinski definition) is 3. The van der Waals surface area contributed by atoms with E-state index >= 15 is 0 Å². The number of aromatic nitrogens is 1. The maximum Gasteiger partial charge on any atom is 0.128 e. The highest BCUT2D eigenvalue weighted by atomic mass is 19.1. The molecule has 3 nitrogen and oxygen atoms in total. The Bertz CT molecular complexity index is 550. The quantitative estimate of drug-likeness (QED) is 0.741. The van der Waals surface area contributed by atoms with Gasteiger partial charge in [0.2, 0.25) is 0 Å². The maximum atomic E-state index is 13.0. The predicted octanol–water partition coefficient (Wildman–Crippen LogP) is 4.59. The minimum atomic E-state index is -0.664. The van der Waals surface area contributed by atoms with E-state index in [0.717, 1.165) is 30.2 Å². The zero-order valence-electron chi connectivity index (χ0n) is 10.4. The first-order valence-electron chi connectivity index (χ1n) is 5.96. The second-order valence-corrected chi connectivity index (χ2v) is 4.05. The van der Waals surface area contributed by atoms with E-state index in [2.05, 4.69) is 15.2 Å². The normalized spacial score (nSPS) is 12.8. The lowest BCUT2D eigenvalue weighted by atomic mass is 10.1. The molecule has 98 valence electrons. The summed E-state index contributed by atoms with van der Waals surface area (Å²) in [5.41, 5.74) is 1.09. The summed E-state index contributed by atoms with van der Waals surface area (Å²) in [6, 6.07) is 6.63. The monoisotopic (exact) mass is 261 g/mol. The molecule has 1 aromatic heterocycles. The molecule has 1 unspecified atom stereocenters. The topological polar surface area (TPSA) is 37.6 Å². The molecule has 0 saturated carbocycles. The summed E-state index contributed by atoms with van der Waals surface area (Å²) in [4.78, 5) is 4.02. The number of nitrogens with zero attached hydrogens (tertiary/aromatic N) is 3. The molecule has 19 heavy (non-hydrogen) atoms. The minimum absolute atomic E-state index is 0.167. The van der Waals surface area contributed by atoms with Gasteiger partial charge in [0.25, 0.3) is 0 Å². The van der Waals surface area contributed by atoms with E-state index in [1.165, 1.54) is 0 Å². The van der Waals surface area contributed by atoms with Crippen LogP contribution in [0, 0.1) is 11.6 Å². The summed E-state index contributed by atoms with van der Waals surface area (Å²) in [5.74, 6) is -1.33. The van der Waals surface area contributed by atoms with Crippen LogP contribution in [0.4, 0.5) is 14.5 Å². The van der Waals surface area contributed by atoms with Crippen LogP contribution in [-0.2, 0) is 0 Å². The smallest absolute Gasteiger partial charge is 0.128 e. The summed E-state index contributed by atoms with van der Waals surface area (Å²) in [7, 11) is 0. The van der Waals surface area contributed by atoms with Gasteiger partial charge in [-0.1, -0.05) is 13.0 Å². The van der Waals surface area contributed by atoms with Gasteiger partial charge in [0.05, 0.1) is 11.7 Å². The fraction of sp³-hybridized carbons (Fsp3) is 0.214. The van der Waals surface area contributed by atoms with E-state index in [0.29, 0.717) is 0 Å². The Hall–Kier alpha value is -2.17. The second-order valence-electron chi connectivity index (χ2n) is 4.05. The van der Waals surface area contributed by atoms with Crippen LogP contribution in [0.5, 0.6) is 0 Å². The van der Waals surface area contributed by atoms with Gasteiger partial charge in [-0.05, 0) is 18.1 Å². The average molecular weight is 261 g/mol. The molecule has 0 aliphatic rings. The van der Waals surface area contributed by atoms with Crippen molar-refractivity contribution in [2.45, 2.75) is 19.4 Å². The summed E-state index contributed by atoms with van der Waals surface area (Å²) in [6.07, 6.45) is 4.11. The molecule has 1 heterocycles. The van der Waals surface area contributed by atoms with Gasteiger partial charge in [-0.2, -0.15) is 10.2 Å². The predicted molar refractivity (Wildman–Crippen MR) is 68.1 cm³/mol. The van der Waals surface area contributed by atoms with Crippen LogP contribution in [0.25, 0.3) is 0 Å². The molecular weight excluding hydrogens is 248 g/mol. The largest absolute Gasteiger partial charge is 0.264 e. The van der Waals surface area contributed by atoms with Gasteiger partial charge in [-0.15, -0.1) is 0 Å². The molecule has 0 fully saturated rings. The Morgan fingerprint density at radius 1 is 1.21 bits per heavy atom. The summed E-state index contributed by atoms with van der Waals surface area (Å²) in [6.45, 7) is 1.96. The highest BCUT2D eigenvalue weighted by molar-refractivity contribution is 5.36. The van der Waals surface area contributed by atoms with Crippen LogP contribution < -0.4 is 0 Å². The van der Waals surface area contributed by atoms with E-state index in [4.69, 9.17) is 0 Å². The Morgan fingerprint density at radius 2 is 1.95 bits per heavy atom. The number of hydrogen-bond donors (Lipinski definition) is 0. The Balaban J connectivity index is 2.20. The molecule has 0 aliphatic heterocycles. The van der Waals surface area contributed by atoms with Gasteiger partial charge >= 0.3 is 0 Å². The van der Waals surface area contributed by atoms with Crippen LogP contribution >= 0.6 is 0 Å². The van der Waals surface area contributed by atoms with E-state index < -0.39 is 11.6 Å². The molecule has 0 aliphatic carbocycles. The van der Waals surface area contributed by atoms with Gasteiger partial charge in [0.15, 0.2) is 0 Å². The Labute approximate surface area is 110 Å². The molecule has 0 N–H and O–H groups in total. The SMILES string of the molecule is CCC(N=Nc1cc(F)cc(F)c1)c1cccnc1. The zero-order valence-corrected chi connectivity index (χ0v) is 10.4. The van der Waals surface area contributed by atoms with Crippen LogP contribution in [0.3, 0.4) is 0 Å². The molecule has 0 bridgehead atoms. The summed E-state index contributed by atoms with van der Waals surface area (Å²) < 4.78 is 26.0. The van der Waals surface area contributed by atoms with Crippen LogP contribution in [-0.4, -0.2) is 4.98 Å². The van der Waals surface area contributed by atoms with Gasteiger partial charge < -0.3 is 0 Å². The van der Waals surface area contributed by atoms with Crippen LogP contribution in [0.15, 0.2) is 53.0 Å². The molecule has 1 atom stereocenters. The van der Waals surface area contributed by atoms with E-state index in [9.17, 15) is 8.78 Å². The zero-order chi connectivity index (χ0) is 13.7. The standard InChI is InChI=1S/C14H13F2N3/c1-2-14(10-4-3-5-17-9-10)19-18-13-7-11(15)6-12(16)8-13/h3-9,14H,2H2,1H3. The van der Waals surface area contributed by atoms with Crippen molar-refractivity contribution in [1.29, 1.82) is 0 Å². The first-order valence-corrected chi connectivity index (χ1v) is 5.96. The molecule has 1 aromatic carbocycles. The van der Waals surface area contributed by atoms with Crippen molar-refractivity contribution in [3.05, 3.63) is 59.9 Å². The highest BCUT2D eigenvalue weighted by Gasteiger charge is 2.07. The van der Waals surface area contributed by atoms with Crippen LogP contribution in [0.1, 0.15) is 24.9 Å². The lowest BCUT2D eigenvalue weighted by Gasteiger charge is -2.07. The number of rotatable bonds is 4. The molecule has 2 aromatic rings. The molecular formula is C14H13F2N3. The average Bonchev–Trinajstić information content (AvgIpc) is 2.39. The fourth-order valence-corrected chi connectivity index (χ4v) is 1.69. The molecule has 0 spiro atoms. The number of pyridine rings is 1. The van der Waals surface area contributed by atoms with Crippen molar-refractivity contribution in [2.75, 3.05) is 0 Å². The lowest BCUT2D eigenvalue weighted by Crippen LogP contribution is -1.93. The third kappa shape index (κ3) is 3.64. The van der Waals surface area contributed by atoms with Gasteiger partial charge in [-0.3, -0.25) is 4.98 Å². The molecule has 0 saturated heterocycles. The Kier molecular flexibility index (Phi) is 4.28.